The van der Waals surface area contributed by atoms with Crippen molar-refractivity contribution in [3.8, 4) is 0 Å². The minimum absolute atomic E-state index is 0. The van der Waals surface area contributed by atoms with E-state index >= 15 is 0 Å². The molecule has 0 aromatic carbocycles. The molecular weight excluding hydrogens is 111 g/mol. The average molecular weight is 120 g/mol. The summed E-state index contributed by atoms with van der Waals surface area (Å²) < 4.78 is 0. The maximum atomic E-state index is 9.99. The Balaban J connectivity index is 0.000000490. The van der Waals surface area contributed by atoms with E-state index < -0.39 is 0 Å². The Hall–Kier alpha value is 0.670. The molecule has 1 fully saturated rings. The van der Waals surface area contributed by atoms with Crippen LogP contribution in [0.3, 0.4) is 0 Å². The minimum Gasteiger partial charge on any atom is -0.328 e. The second kappa shape index (κ2) is 4.54. The summed E-state index contributed by atoms with van der Waals surface area (Å²) in [5, 5.41) is 0. The fraction of sp³-hybridized carbons (Fsp3) is 0.667. The first kappa shape index (κ1) is 8.67. The van der Waals surface area contributed by atoms with Gasteiger partial charge in [-0.1, -0.05) is 6.42 Å². The fourth-order valence-corrected chi connectivity index (χ4v) is 0.905. The van der Waals surface area contributed by atoms with Gasteiger partial charge in [0.15, 0.2) is 0 Å². The molecule has 0 aliphatic heterocycles. The summed E-state index contributed by atoms with van der Waals surface area (Å²) in [6.07, 6.45) is 6.49. The van der Waals surface area contributed by atoms with Crippen molar-refractivity contribution in [2.24, 2.45) is 5.92 Å². The number of carbonyl (C=O) groups excluding carboxylic acids is 1. The van der Waals surface area contributed by atoms with Crippen LogP contribution in [0.25, 0.3) is 0 Å². The Bertz CT molecular complexity index is 66.9. The van der Waals surface area contributed by atoms with Gasteiger partial charge in [0.2, 0.25) is 0 Å². The molecule has 1 aliphatic rings. The normalized spacial score (nSPS) is 26.8. The molecule has 0 bridgehead atoms. The van der Waals surface area contributed by atoms with Crippen molar-refractivity contribution in [1.82, 2.24) is 0 Å². The van der Waals surface area contributed by atoms with E-state index in [4.69, 9.17) is 0 Å². The maximum Gasteiger partial charge on any atom is 1.00 e. The molecule has 0 radical (unpaired) electrons. The van der Waals surface area contributed by atoms with Crippen LogP contribution in [0, 0.1) is 12.3 Å². The largest absolute Gasteiger partial charge is 1.00 e. The van der Waals surface area contributed by atoms with Crippen LogP contribution in [0.15, 0.2) is 0 Å². The molecule has 2 heteroatoms. The van der Waals surface area contributed by atoms with E-state index in [-0.39, 0.29) is 29.6 Å². The molecule has 0 amide bonds. The maximum absolute atomic E-state index is 9.99. The quantitative estimate of drug-likeness (QED) is 0.226. The fourth-order valence-electron chi connectivity index (χ4n) is 0.905. The van der Waals surface area contributed by atoms with Crippen LogP contribution in [0.4, 0.5) is 0 Å². The number of hydrogen-bond donors (Lipinski definition) is 0. The predicted molar refractivity (Wildman–Crippen MR) is 27.7 cm³/mol. The van der Waals surface area contributed by atoms with Crippen molar-refractivity contribution >= 4 is 6.29 Å². The van der Waals surface area contributed by atoms with Gasteiger partial charge in [0, 0.05) is 0 Å². The smallest absolute Gasteiger partial charge is 0.328 e. The zero-order chi connectivity index (χ0) is 5.11. The zero-order valence-corrected chi connectivity index (χ0v) is 7.26. The molecule has 1 atom stereocenters. The van der Waals surface area contributed by atoms with Gasteiger partial charge < -0.3 is 11.2 Å². The molecule has 1 nitrogen and oxygen atoms in total. The Morgan fingerprint density at radius 3 is 2.62 bits per heavy atom. The van der Waals surface area contributed by atoms with E-state index in [1.807, 2.05) is 0 Å². The van der Waals surface area contributed by atoms with Crippen LogP contribution in [0.5, 0.6) is 0 Å². The summed E-state index contributed by atoms with van der Waals surface area (Å²) in [5.41, 5.74) is 0. The van der Waals surface area contributed by atoms with Gasteiger partial charge in [-0.3, -0.25) is 0 Å². The molecular formula is C6H9NaO. The molecule has 40 valence electrons. The topological polar surface area (TPSA) is 17.1 Å². The zero-order valence-electron chi connectivity index (χ0n) is 5.26. The SMILES string of the molecule is O=CC1C[CH-]CC1.[Na+]. The second-order valence-electron chi connectivity index (χ2n) is 2.00. The summed E-state index contributed by atoms with van der Waals surface area (Å²) in [6, 6.07) is 0. The molecule has 1 saturated carbocycles. The van der Waals surface area contributed by atoms with Crippen LogP contribution in [0.1, 0.15) is 19.3 Å². The van der Waals surface area contributed by atoms with Crippen molar-refractivity contribution in [3.05, 3.63) is 6.42 Å². The van der Waals surface area contributed by atoms with Crippen molar-refractivity contribution < 1.29 is 34.4 Å². The molecule has 0 saturated heterocycles. The van der Waals surface area contributed by atoms with Gasteiger partial charge in [0.25, 0.3) is 0 Å². The average Bonchev–Trinajstić information content (AvgIpc) is 2.14. The molecule has 0 aromatic rings. The summed E-state index contributed by atoms with van der Waals surface area (Å²) >= 11 is 0. The third kappa shape index (κ3) is 2.29. The number of hydrogen-bond acceptors (Lipinski definition) is 1. The van der Waals surface area contributed by atoms with Crippen LogP contribution in [-0.4, -0.2) is 6.29 Å². The Labute approximate surface area is 72.1 Å². The first-order valence-corrected chi connectivity index (χ1v) is 2.70. The van der Waals surface area contributed by atoms with E-state index in [1.165, 1.54) is 0 Å². The van der Waals surface area contributed by atoms with E-state index in [0.29, 0.717) is 5.92 Å². The van der Waals surface area contributed by atoms with E-state index in [9.17, 15) is 4.79 Å². The first-order valence-electron chi connectivity index (χ1n) is 2.70. The van der Waals surface area contributed by atoms with Crippen molar-refractivity contribution in [3.63, 3.8) is 0 Å². The Kier molecular flexibility index (Phi) is 4.92. The van der Waals surface area contributed by atoms with E-state index in [0.717, 1.165) is 25.5 Å². The first-order chi connectivity index (χ1) is 3.43. The van der Waals surface area contributed by atoms with Gasteiger partial charge in [-0.25, -0.2) is 0 Å². The van der Waals surface area contributed by atoms with E-state index in [1.54, 1.807) is 0 Å². The third-order valence-electron chi connectivity index (χ3n) is 1.40. The number of rotatable bonds is 1. The second-order valence-corrected chi connectivity index (χ2v) is 2.00. The molecule has 0 heterocycles. The molecule has 8 heavy (non-hydrogen) atoms. The van der Waals surface area contributed by atoms with Crippen LogP contribution in [-0.2, 0) is 4.79 Å². The van der Waals surface area contributed by atoms with Crippen LogP contribution < -0.4 is 29.6 Å². The van der Waals surface area contributed by atoms with Gasteiger partial charge in [-0.05, 0) is 5.92 Å². The van der Waals surface area contributed by atoms with Gasteiger partial charge in [0.05, 0.1) is 0 Å². The molecule has 0 aromatic heterocycles. The monoisotopic (exact) mass is 120 g/mol. The number of carbonyl (C=O) groups is 1. The Morgan fingerprint density at radius 1 is 1.62 bits per heavy atom. The summed E-state index contributed by atoms with van der Waals surface area (Å²) in [7, 11) is 0. The molecule has 1 aliphatic carbocycles. The number of aldehydes is 1. The van der Waals surface area contributed by atoms with E-state index in [2.05, 4.69) is 6.42 Å². The van der Waals surface area contributed by atoms with Crippen LogP contribution >= 0.6 is 0 Å². The standard InChI is InChI=1S/C6H9O.Na/c7-5-6-3-1-2-4-6;/h1,5-6H,2-4H2;/q-1;+1. The van der Waals surface area contributed by atoms with Crippen LogP contribution in [0.2, 0.25) is 0 Å². The summed E-state index contributed by atoms with van der Waals surface area (Å²) in [4.78, 5) is 9.99. The van der Waals surface area contributed by atoms with Gasteiger partial charge in [-0.15, -0.1) is 0 Å². The minimum atomic E-state index is 0. The summed E-state index contributed by atoms with van der Waals surface area (Å²) in [6.45, 7) is 0. The van der Waals surface area contributed by atoms with Gasteiger partial charge in [0.1, 0.15) is 6.29 Å². The van der Waals surface area contributed by atoms with Crippen molar-refractivity contribution in [2.45, 2.75) is 19.3 Å². The van der Waals surface area contributed by atoms with Gasteiger partial charge in [-0.2, -0.15) is 12.8 Å². The summed E-state index contributed by atoms with van der Waals surface area (Å²) in [5.74, 6) is 0.361. The Morgan fingerprint density at radius 2 is 2.38 bits per heavy atom. The molecule has 0 spiro atoms. The predicted octanol–water partition coefficient (Wildman–Crippen LogP) is -1.81. The van der Waals surface area contributed by atoms with Crippen molar-refractivity contribution in [1.29, 1.82) is 0 Å². The third-order valence-corrected chi connectivity index (χ3v) is 1.40. The molecule has 0 N–H and O–H groups in total. The van der Waals surface area contributed by atoms with Crippen molar-refractivity contribution in [2.75, 3.05) is 0 Å². The van der Waals surface area contributed by atoms with Gasteiger partial charge >= 0.3 is 29.6 Å². The molecule has 1 rings (SSSR count). The molecule has 1 unspecified atom stereocenters.